The maximum atomic E-state index is 13.1. The molecule has 3 aromatic rings. The smallest absolute Gasteiger partial charge is 0.235 e. The van der Waals surface area contributed by atoms with E-state index in [-0.39, 0.29) is 16.9 Å². The van der Waals surface area contributed by atoms with E-state index >= 15 is 0 Å². The summed E-state index contributed by atoms with van der Waals surface area (Å²) in [5.74, 6) is 1.27. The molecule has 0 spiro atoms. The Morgan fingerprint density at radius 3 is 2.70 bits per heavy atom. The highest BCUT2D eigenvalue weighted by Crippen LogP contribution is 2.32. The summed E-state index contributed by atoms with van der Waals surface area (Å²) in [6.45, 7) is 6.29. The number of aromatic hydroxyl groups is 1. The van der Waals surface area contributed by atoms with Gasteiger partial charge >= 0.3 is 0 Å². The lowest BCUT2D eigenvalue weighted by atomic mass is 10.0. The van der Waals surface area contributed by atoms with Crippen LogP contribution in [-0.4, -0.2) is 24.3 Å². The number of hydrogen-bond donors (Lipinski definition) is 2. The molecule has 30 heavy (non-hydrogen) atoms. The van der Waals surface area contributed by atoms with Crippen molar-refractivity contribution in [2.24, 2.45) is 0 Å². The van der Waals surface area contributed by atoms with Crippen LogP contribution in [0.2, 0.25) is 0 Å². The van der Waals surface area contributed by atoms with E-state index in [1.807, 2.05) is 19.1 Å². The number of nitrogens with one attached hydrogen (secondary N) is 1. The molecule has 0 amide bonds. The number of phenolic OH excluding ortho intramolecular Hbond substituents is 1. The van der Waals surface area contributed by atoms with Gasteiger partial charge in [0, 0.05) is 0 Å². The zero-order valence-electron chi connectivity index (χ0n) is 17.4. The molecule has 1 fully saturated rings. The molecule has 0 aliphatic carbocycles. The first-order valence-corrected chi connectivity index (χ1v) is 10.6. The lowest BCUT2D eigenvalue weighted by Crippen LogP contribution is -3.14. The summed E-state index contributed by atoms with van der Waals surface area (Å²) in [5, 5.41) is 10.9. The van der Waals surface area contributed by atoms with Crippen LogP contribution in [0.3, 0.4) is 0 Å². The largest absolute Gasteiger partial charge is 0.507 e. The number of rotatable bonds is 6. The molecule has 4 rings (SSSR count). The minimum Gasteiger partial charge on any atom is -0.507 e. The molecule has 6 nitrogen and oxygen atoms in total. The van der Waals surface area contributed by atoms with Gasteiger partial charge in [-0.25, -0.2) is 0 Å². The van der Waals surface area contributed by atoms with Crippen molar-refractivity contribution in [3.05, 3.63) is 58.4 Å². The average molecular weight is 410 g/mol. The van der Waals surface area contributed by atoms with Gasteiger partial charge < -0.3 is 23.9 Å². The Kier molecular flexibility index (Phi) is 5.95. The van der Waals surface area contributed by atoms with Gasteiger partial charge in [0.05, 0.1) is 30.1 Å². The predicted octanol–water partition coefficient (Wildman–Crippen LogP) is 3.65. The van der Waals surface area contributed by atoms with Crippen LogP contribution in [0.15, 0.2) is 51.9 Å². The van der Waals surface area contributed by atoms with Crippen LogP contribution in [0.25, 0.3) is 11.0 Å². The van der Waals surface area contributed by atoms with Crippen LogP contribution < -0.4 is 19.8 Å². The van der Waals surface area contributed by atoms with E-state index < -0.39 is 0 Å². The summed E-state index contributed by atoms with van der Waals surface area (Å²) in [6.07, 6.45) is 4.91. The minimum absolute atomic E-state index is 0.0879. The van der Waals surface area contributed by atoms with Crippen LogP contribution in [0.1, 0.15) is 38.7 Å². The van der Waals surface area contributed by atoms with Crippen molar-refractivity contribution in [1.82, 2.24) is 0 Å². The van der Waals surface area contributed by atoms with Gasteiger partial charge in [0.2, 0.25) is 11.2 Å². The van der Waals surface area contributed by atoms with Crippen LogP contribution in [0.5, 0.6) is 23.0 Å². The van der Waals surface area contributed by atoms with Gasteiger partial charge in [-0.2, -0.15) is 0 Å². The zero-order valence-corrected chi connectivity index (χ0v) is 17.4. The molecule has 1 unspecified atom stereocenters. The molecule has 1 aliphatic rings. The predicted molar refractivity (Wildman–Crippen MR) is 115 cm³/mol. The second kappa shape index (κ2) is 8.79. The van der Waals surface area contributed by atoms with Gasteiger partial charge in [-0.3, -0.25) is 4.79 Å². The highest BCUT2D eigenvalue weighted by atomic mass is 16.5. The number of para-hydroxylation sites is 2. The van der Waals surface area contributed by atoms with Crippen molar-refractivity contribution >= 4 is 11.0 Å². The van der Waals surface area contributed by atoms with Crippen LogP contribution >= 0.6 is 0 Å². The molecule has 158 valence electrons. The highest BCUT2D eigenvalue weighted by Gasteiger charge is 2.25. The van der Waals surface area contributed by atoms with Gasteiger partial charge in [-0.1, -0.05) is 12.1 Å². The molecule has 2 N–H and O–H groups in total. The second-order valence-corrected chi connectivity index (χ2v) is 7.83. The van der Waals surface area contributed by atoms with Crippen molar-refractivity contribution in [2.45, 2.75) is 45.7 Å². The maximum Gasteiger partial charge on any atom is 0.235 e. The summed E-state index contributed by atoms with van der Waals surface area (Å²) >= 11 is 0. The van der Waals surface area contributed by atoms with Gasteiger partial charge in [-0.05, 0) is 57.4 Å². The molecule has 2 atom stereocenters. The van der Waals surface area contributed by atoms with Gasteiger partial charge in [0.15, 0.2) is 17.1 Å². The zero-order chi connectivity index (χ0) is 21.1. The Hall–Kier alpha value is -2.99. The molecule has 2 heterocycles. The number of quaternary nitrogens is 1. The van der Waals surface area contributed by atoms with Gasteiger partial charge in [-0.15, -0.1) is 0 Å². The maximum absolute atomic E-state index is 13.1. The van der Waals surface area contributed by atoms with E-state index in [1.54, 1.807) is 24.3 Å². The third kappa shape index (κ3) is 4.00. The molecule has 1 aromatic heterocycles. The summed E-state index contributed by atoms with van der Waals surface area (Å²) in [6, 6.07) is 10.9. The van der Waals surface area contributed by atoms with Crippen molar-refractivity contribution in [3.63, 3.8) is 0 Å². The molecular formula is C24H28NO5+. The number of hydrogen-bond acceptors (Lipinski definition) is 5. The van der Waals surface area contributed by atoms with Gasteiger partial charge in [0.1, 0.15) is 18.6 Å². The van der Waals surface area contributed by atoms with Crippen LogP contribution in [0.4, 0.5) is 0 Å². The first kappa shape index (κ1) is 20.3. The number of likely N-dealkylation sites (tertiary alicyclic amines) is 1. The third-order valence-corrected chi connectivity index (χ3v) is 5.84. The van der Waals surface area contributed by atoms with Crippen molar-refractivity contribution in [2.75, 3.05) is 13.2 Å². The van der Waals surface area contributed by atoms with E-state index in [2.05, 4.69) is 6.92 Å². The average Bonchev–Trinajstić information content (AvgIpc) is 2.75. The summed E-state index contributed by atoms with van der Waals surface area (Å²) in [4.78, 5) is 14.5. The fraction of sp³-hybridized carbons (Fsp3) is 0.375. The van der Waals surface area contributed by atoms with Crippen molar-refractivity contribution in [3.8, 4) is 23.0 Å². The van der Waals surface area contributed by atoms with E-state index in [4.69, 9.17) is 13.9 Å². The van der Waals surface area contributed by atoms with E-state index in [1.165, 1.54) is 30.4 Å². The first-order chi connectivity index (χ1) is 14.6. The summed E-state index contributed by atoms with van der Waals surface area (Å²) < 4.78 is 17.3. The normalized spacial score (nSPS) is 19.0. The number of ether oxygens (including phenoxy) is 2. The molecule has 0 saturated carbocycles. The molecule has 2 aromatic carbocycles. The van der Waals surface area contributed by atoms with E-state index in [9.17, 15) is 9.90 Å². The lowest BCUT2D eigenvalue weighted by Gasteiger charge is -2.30. The number of piperidine rings is 1. The molecule has 0 bridgehead atoms. The molecular weight excluding hydrogens is 382 g/mol. The van der Waals surface area contributed by atoms with Crippen LogP contribution in [0, 0.1) is 0 Å². The van der Waals surface area contributed by atoms with E-state index in [0.29, 0.717) is 47.2 Å². The Balaban J connectivity index is 1.70. The summed E-state index contributed by atoms with van der Waals surface area (Å²) in [5.41, 5.74) is 0.829. The molecule has 1 aliphatic heterocycles. The van der Waals surface area contributed by atoms with Gasteiger partial charge in [0.25, 0.3) is 0 Å². The molecule has 0 radical (unpaired) electrons. The Bertz CT molecular complexity index is 1090. The molecule has 6 heteroatoms. The second-order valence-electron chi connectivity index (χ2n) is 7.83. The standard InChI is InChI=1S/C24H27NO5/c1-3-28-20-9-4-5-10-21(20)30-22-15-29-24-17(23(22)27)11-12-19(26)18(24)14-25-13-7-6-8-16(25)2/h4-5,9-12,15-16,26H,3,6-8,13-14H2,1-2H3/p+1/t16-/m0/s1. The highest BCUT2D eigenvalue weighted by molar-refractivity contribution is 5.82. The summed E-state index contributed by atoms with van der Waals surface area (Å²) in [7, 11) is 0. The first-order valence-electron chi connectivity index (χ1n) is 10.6. The van der Waals surface area contributed by atoms with E-state index in [0.717, 1.165) is 6.54 Å². The molecule has 1 saturated heterocycles. The number of phenols is 1. The van der Waals surface area contributed by atoms with Crippen LogP contribution in [-0.2, 0) is 6.54 Å². The number of fused-ring (bicyclic) bond motifs is 1. The minimum atomic E-state index is -0.273. The Labute approximate surface area is 175 Å². The van der Waals surface area contributed by atoms with Crippen molar-refractivity contribution < 1.29 is 23.9 Å². The van der Waals surface area contributed by atoms with Crippen molar-refractivity contribution in [1.29, 1.82) is 0 Å². The monoisotopic (exact) mass is 410 g/mol. The Morgan fingerprint density at radius 2 is 1.93 bits per heavy atom. The fourth-order valence-corrected chi connectivity index (χ4v) is 4.14. The fourth-order valence-electron chi connectivity index (χ4n) is 4.14. The number of benzene rings is 2. The topological polar surface area (TPSA) is 73.3 Å². The SMILES string of the molecule is CCOc1ccccc1Oc1coc2c(C[NH+]3CCCC[C@@H]3C)c(O)ccc2c1=O. The Morgan fingerprint density at radius 1 is 1.13 bits per heavy atom. The quantitative estimate of drug-likeness (QED) is 0.649. The lowest BCUT2D eigenvalue weighted by molar-refractivity contribution is -0.941. The third-order valence-electron chi connectivity index (χ3n) is 5.84.